The molecule has 3 N–H and O–H groups in total. The first-order valence-electron chi connectivity index (χ1n) is 7.28. The van der Waals surface area contributed by atoms with Gasteiger partial charge in [0.15, 0.2) is 11.5 Å². The SMILES string of the molecule is Cc1ccc(N=C(N)c2nonc2NC(=O)Cc2cccs2)cc1Br. The van der Waals surface area contributed by atoms with Gasteiger partial charge in [0.1, 0.15) is 0 Å². The first kappa shape index (κ1) is 17.3. The van der Waals surface area contributed by atoms with E-state index in [-0.39, 0.29) is 29.7 Å². The van der Waals surface area contributed by atoms with Crippen LogP contribution in [-0.2, 0) is 11.2 Å². The van der Waals surface area contributed by atoms with E-state index in [0.29, 0.717) is 5.69 Å². The van der Waals surface area contributed by atoms with Crippen molar-refractivity contribution in [2.75, 3.05) is 5.32 Å². The van der Waals surface area contributed by atoms with Crippen molar-refractivity contribution in [2.45, 2.75) is 13.3 Å². The van der Waals surface area contributed by atoms with Gasteiger partial charge in [0.2, 0.25) is 11.7 Å². The van der Waals surface area contributed by atoms with Gasteiger partial charge in [-0.15, -0.1) is 11.3 Å². The molecule has 25 heavy (non-hydrogen) atoms. The van der Waals surface area contributed by atoms with Crippen molar-refractivity contribution in [3.8, 4) is 0 Å². The van der Waals surface area contributed by atoms with Crippen molar-refractivity contribution in [1.29, 1.82) is 0 Å². The molecule has 0 aliphatic carbocycles. The Morgan fingerprint density at radius 1 is 1.40 bits per heavy atom. The summed E-state index contributed by atoms with van der Waals surface area (Å²) in [5, 5.41) is 12.0. The lowest BCUT2D eigenvalue weighted by atomic mass is 10.2. The molecule has 0 aliphatic heterocycles. The summed E-state index contributed by atoms with van der Waals surface area (Å²) in [4.78, 5) is 17.3. The second-order valence-electron chi connectivity index (χ2n) is 5.20. The normalized spacial score (nSPS) is 11.5. The highest BCUT2D eigenvalue weighted by atomic mass is 79.9. The van der Waals surface area contributed by atoms with Crippen LogP contribution in [0.2, 0.25) is 0 Å². The van der Waals surface area contributed by atoms with Crippen LogP contribution in [-0.4, -0.2) is 22.1 Å². The van der Waals surface area contributed by atoms with Crippen LogP contribution in [0.4, 0.5) is 11.5 Å². The minimum Gasteiger partial charge on any atom is -0.382 e. The number of amides is 1. The number of halogens is 1. The molecule has 0 spiro atoms. The second-order valence-corrected chi connectivity index (χ2v) is 7.08. The molecule has 0 aliphatic rings. The number of hydrogen-bond acceptors (Lipinski definition) is 6. The number of carbonyl (C=O) groups is 1. The van der Waals surface area contributed by atoms with E-state index in [1.807, 2.05) is 42.6 Å². The maximum absolute atomic E-state index is 12.1. The molecule has 9 heteroatoms. The molecule has 0 saturated heterocycles. The maximum atomic E-state index is 12.1. The zero-order chi connectivity index (χ0) is 17.8. The lowest BCUT2D eigenvalue weighted by Crippen LogP contribution is -2.20. The van der Waals surface area contributed by atoms with Crippen molar-refractivity contribution < 1.29 is 9.42 Å². The van der Waals surface area contributed by atoms with Crippen LogP contribution < -0.4 is 11.1 Å². The highest BCUT2D eigenvalue weighted by Gasteiger charge is 2.17. The largest absolute Gasteiger partial charge is 0.382 e. The topological polar surface area (TPSA) is 106 Å². The summed E-state index contributed by atoms with van der Waals surface area (Å²) in [6.07, 6.45) is 0.242. The van der Waals surface area contributed by atoms with E-state index in [0.717, 1.165) is 14.9 Å². The number of thiophene rings is 1. The number of carbonyl (C=O) groups excluding carboxylic acids is 1. The predicted molar refractivity (Wildman–Crippen MR) is 100 cm³/mol. The van der Waals surface area contributed by atoms with Crippen LogP contribution in [0.25, 0.3) is 0 Å². The molecule has 0 unspecified atom stereocenters. The number of anilines is 1. The van der Waals surface area contributed by atoms with Crippen molar-refractivity contribution in [1.82, 2.24) is 10.3 Å². The molecule has 2 heterocycles. The molecular weight excluding hydrogens is 406 g/mol. The van der Waals surface area contributed by atoms with E-state index < -0.39 is 0 Å². The third-order valence-electron chi connectivity index (χ3n) is 3.31. The zero-order valence-corrected chi connectivity index (χ0v) is 15.6. The van der Waals surface area contributed by atoms with Crippen molar-refractivity contribution >= 4 is 50.5 Å². The van der Waals surface area contributed by atoms with Gasteiger partial charge in [-0.25, -0.2) is 9.62 Å². The Balaban J connectivity index is 1.76. The van der Waals surface area contributed by atoms with Crippen LogP contribution in [0, 0.1) is 6.92 Å². The van der Waals surface area contributed by atoms with Crippen molar-refractivity contribution in [3.05, 3.63) is 56.3 Å². The molecule has 7 nitrogen and oxygen atoms in total. The minimum absolute atomic E-state index is 0.100. The van der Waals surface area contributed by atoms with Gasteiger partial charge in [0.05, 0.1) is 12.1 Å². The summed E-state index contributed by atoms with van der Waals surface area (Å²) in [7, 11) is 0. The number of nitrogens with one attached hydrogen (secondary N) is 1. The van der Waals surface area contributed by atoms with Crippen LogP contribution in [0.1, 0.15) is 16.1 Å². The number of benzene rings is 1. The van der Waals surface area contributed by atoms with Crippen LogP contribution in [0.3, 0.4) is 0 Å². The third-order valence-corrected chi connectivity index (χ3v) is 5.04. The number of aryl methyl sites for hydroxylation is 1. The van der Waals surface area contributed by atoms with Gasteiger partial charge in [-0.2, -0.15) is 0 Å². The number of aliphatic imine (C=N–C) groups is 1. The summed E-state index contributed by atoms with van der Waals surface area (Å²) < 4.78 is 5.62. The van der Waals surface area contributed by atoms with Crippen LogP contribution >= 0.6 is 27.3 Å². The minimum atomic E-state index is -0.231. The monoisotopic (exact) mass is 419 g/mol. The summed E-state index contributed by atoms with van der Waals surface area (Å²) in [5.41, 5.74) is 7.92. The number of amidine groups is 1. The Bertz CT molecular complexity index is 921. The van der Waals surface area contributed by atoms with Crippen molar-refractivity contribution in [2.24, 2.45) is 10.7 Å². The molecule has 0 bridgehead atoms. The molecule has 128 valence electrons. The molecule has 2 aromatic heterocycles. The molecule has 1 aromatic carbocycles. The summed E-state index contributed by atoms with van der Waals surface area (Å²) >= 11 is 4.95. The van der Waals surface area contributed by atoms with Gasteiger partial charge in [-0.1, -0.05) is 28.1 Å². The summed E-state index contributed by atoms with van der Waals surface area (Å²) in [5.74, 6) is 0.0164. The maximum Gasteiger partial charge on any atom is 0.230 e. The number of rotatable bonds is 5. The molecule has 0 atom stereocenters. The van der Waals surface area contributed by atoms with E-state index >= 15 is 0 Å². The zero-order valence-electron chi connectivity index (χ0n) is 13.2. The summed E-state index contributed by atoms with van der Waals surface area (Å²) in [6, 6.07) is 9.36. The number of nitrogens with zero attached hydrogens (tertiary/aromatic N) is 3. The van der Waals surface area contributed by atoms with Crippen molar-refractivity contribution in [3.63, 3.8) is 0 Å². The van der Waals surface area contributed by atoms with E-state index in [1.54, 1.807) is 0 Å². The molecule has 3 aromatic rings. The molecular formula is C16H14BrN5O2S. The molecule has 0 radical (unpaired) electrons. The van der Waals surface area contributed by atoms with Gasteiger partial charge in [0.25, 0.3) is 0 Å². The first-order chi connectivity index (χ1) is 12.0. The van der Waals surface area contributed by atoms with Gasteiger partial charge >= 0.3 is 0 Å². The fourth-order valence-electron chi connectivity index (χ4n) is 2.03. The molecule has 1 amide bonds. The fourth-order valence-corrected chi connectivity index (χ4v) is 3.10. The highest BCUT2D eigenvalue weighted by molar-refractivity contribution is 9.10. The van der Waals surface area contributed by atoms with Crippen LogP contribution in [0.15, 0.2) is 49.8 Å². The van der Waals surface area contributed by atoms with E-state index in [1.165, 1.54) is 11.3 Å². The van der Waals surface area contributed by atoms with E-state index in [2.05, 4.69) is 36.6 Å². The van der Waals surface area contributed by atoms with Gasteiger partial charge in [-0.3, -0.25) is 4.79 Å². The lowest BCUT2D eigenvalue weighted by Gasteiger charge is -2.03. The quantitative estimate of drug-likeness (QED) is 0.486. The lowest BCUT2D eigenvalue weighted by molar-refractivity contribution is -0.115. The first-order valence-corrected chi connectivity index (χ1v) is 8.95. The highest BCUT2D eigenvalue weighted by Crippen LogP contribution is 2.23. The average Bonchev–Trinajstić information content (AvgIpc) is 3.22. The standard InChI is InChI=1S/C16H14BrN5O2S/c1-9-4-5-10(7-12(9)17)19-15(18)14-16(22-24-21-14)20-13(23)8-11-3-2-6-25-11/h2-7H,8H2,1H3,(H2,18,19)(H,20,22,23). The molecule has 0 fully saturated rings. The second kappa shape index (κ2) is 7.58. The van der Waals surface area contributed by atoms with Gasteiger partial charge < -0.3 is 11.1 Å². The summed E-state index contributed by atoms with van der Waals surface area (Å²) in [6.45, 7) is 1.98. The van der Waals surface area contributed by atoms with Crippen LogP contribution in [0.5, 0.6) is 0 Å². The number of aromatic nitrogens is 2. The van der Waals surface area contributed by atoms with E-state index in [4.69, 9.17) is 10.4 Å². The Labute approximate surface area is 156 Å². The number of hydrogen-bond donors (Lipinski definition) is 2. The number of nitrogens with two attached hydrogens (primary N) is 1. The van der Waals surface area contributed by atoms with E-state index in [9.17, 15) is 4.79 Å². The smallest absolute Gasteiger partial charge is 0.230 e. The fraction of sp³-hybridized carbons (Fsp3) is 0.125. The molecule has 3 rings (SSSR count). The average molecular weight is 420 g/mol. The third kappa shape index (κ3) is 4.31. The Morgan fingerprint density at radius 3 is 2.96 bits per heavy atom. The van der Waals surface area contributed by atoms with Gasteiger partial charge in [0, 0.05) is 9.35 Å². The Kier molecular flexibility index (Phi) is 5.25. The predicted octanol–water partition coefficient (Wildman–Crippen LogP) is 3.42. The molecule has 0 saturated carbocycles. The Morgan fingerprint density at radius 2 is 2.24 bits per heavy atom. The van der Waals surface area contributed by atoms with Gasteiger partial charge in [-0.05, 0) is 46.4 Å². The Hall–Kier alpha value is -2.52.